The smallest absolute Gasteiger partial charge is 0.129 e. The molecule has 0 aliphatic carbocycles. The molecule has 0 radical (unpaired) electrons. The first-order valence-corrected chi connectivity index (χ1v) is 16.8. The number of aliphatic hydroxyl groups is 1. The van der Waals surface area contributed by atoms with Gasteiger partial charge in [0.25, 0.3) is 0 Å². The van der Waals surface area contributed by atoms with Gasteiger partial charge < -0.3 is 5.11 Å². The number of halogens is 8. The minimum absolute atomic E-state index is 0.0556. The molecule has 0 spiro atoms. The van der Waals surface area contributed by atoms with Crippen LogP contribution in [0.15, 0.2) is 45.3 Å². The summed E-state index contributed by atoms with van der Waals surface area (Å²) in [5.74, 6) is -0.541. The van der Waals surface area contributed by atoms with Gasteiger partial charge in [0.15, 0.2) is 0 Å². The van der Waals surface area contributed by atoms with Crippen LogP contribution in [0, 0.1) is 11.6 Å². The van der Waals surface area contributed by atoms with Gasteiger partial charge in [-0.1, -0.05) is 47.8 Å². The summed E-state index contributed by atoms with van der Waals surface area (Å²) >= 11 is 19.3. The van der Waals surface area contributed by atoms with Crippen LogP contribution >= 0.6 is 98.3 Å². The fourth-order valence-electron chi connectivity index (χ4n) is 1.65. The molecule has 146 valence electrons. The quantitative estimate of drug-likeness (QED) is 0.238. The standard InChI is InChI=1S/C8H7Br2F.C8H8BrFO.Br3P/c1-5(9)7-4-6(10)2-3-8(7)11;1-5(11)7-4-6(9)2-3-8(7)10;1-4(2)3/h2-5H,1H3;2-5,11H,1H3;. The van der Waals surface area contributed by atoms with Gasteiger partial charge in [0.1, 0.15) is 15.7 Å². The van der Waals surface area contributed by atoms with E-state index in [9.17, 15) is 8.78 Å². The van der Waals surface area contributed by atoms with E-state index in [1.807, 2.05) is 6.92 Å². The van der Waals surface area contributed by atoms with E-state index in [1.165, 1.54) is 19.1 Å². The van der Waals surface area contributed by atoms with E-state index in [0.717, 1.165) is 8.95 Å². The van der Waals surface area contributed by atoms with E-state index >= 15 is 0 Å². The van der Waals surface area contributed by atoms with Crippen molar-refractivity contribution >= 4 is 98.3 Å². The van der Waals surface area contributed by atoms with Crippen LogP contribution in [0.3, 0.4) is 0 Å². The maximum atomic E-state index is 13.0. The summed E-state index contributed by atoms with van der Waals surface area (Å²) in [6.07, 6.45) is -0.757. The van der Waals surface area contributed by atoms with Crippen LogP contribution in [0.5, 0.6) is 0 Å². The van der Waals surface area contributed by atoms with Crippen molar-refractivity contribution in [2.75, 3.05) is 0 Å². The SMILES string of the molecule is BrP(Br)Br.CC(Br)c1cc(Br)ccc1F.CC(O)c1cc(Br)ccc1F. The first-order chi connectivity index (χ1) is 12.0. The molecule has 0 saturated carbocycles. The Morgan fingerprint density at radius 2 is 1.19 bits per heavy atom. The molecule has 2 atom stereocenters. The highest BCUT2D eigenvalue weighted by molar-refractivity contribution is 9.93. The van der Waals surface area contributed by atoms with Crippen LogP contribution in [0.25, 0.3) is 0 Å². The number of alkyl halides is 1. The number of aliphatic hydroxyl groups excluding tert-OH is 1. The Bertz CT molecular complexity index is 628. The summed E-state index contributed by atoms with van der Waals surface area (Å²) < 4.78 is 27.3. The predicted octanol–water partition coefficient (Wildman–Crippen LogP) is 10.1. The minimum atomic E-state index is -0.757. The molecule has 2 unspecified atom stereocenters. The number of hydrogen-bond acceptors (Lipinski definition) is 1. The molecule has 10 heteroatoms. The van der Waals surface area contributed by atoms with Gasteiger partial charge >= 0.3 is 0 Å². The molecule has 1 N–H and O–H groups in total. The normalized spacial score (nSPS) is 12.5. The van der Waals surface area contributed by atoms with Crippen molar-refractivity contribution in [3.63, 3.8) is 0 Å². The molecule has 26 heavy (non-hydrogen) atoms. The zero-order valence-corrected chi connectivity index (χ0v) is 23.9. The highest BCUT2D eigenvalue weighted by atomic mass is 80.0. The Morgan fingerprint density at radius 3 is 1.46 bits per heavy atom. The Morgan fingerprint density at radius 1 is 0.846 bits per heavy atom. The summed E-state index contributed by atoms with van der Waals surface area (Å²) in [5.41, 5.74) is 0.999. The van der Waals surface area contributed by atoms with E-state index in [-0.39, 0.29) is 20.5 Å². The highest BCUT2D eigenvalue weighted by Gasteiger charge is 2.07. The van der Waals surface area contributed by atoms with Crippen LogP contribution in [0.2, 0.25) is 0 Å². The third kappa shape index (κ3) is 12.2. The van der Waals surface area contributed by atoms with Crippen molar-refractivity contribution < 1.29 is 13.9 Å². The summed E-state index contributed by atoms with van der Waals surface area (Å²) in [5, 5.41) is 9.07. The van der Waals surface area contributed by atoms with Gasteiger partial charge in [-0.05, 0) is 96.7 Å². The molecule has 2 aromatic rings. The molecule has 0 aliphatic heterocycles. The van der Waals surface area contributed by atoms with E-state index in [4.69, 9.17) is 5.11 Å². The summed E-state index contributed by atoms with van der Waals surface area (Å²) in [6.45, 7) is 3.43. The van der Waals surface area contributed by atoms with E-state index in [0.29, 0.717) is 11.1 Å². The van der Waals surface area contributed by atoms with E-state index in [1.54, 1.807) is 24.3 Å². The van der Waals surface area contributed by atoms with Crippen molar-refractivity contribution in [1.82, 2.24) is 0 Å². The molecule has 1 nitrogen and oxygen atoms in total. The second kappa shape index (κ2) is 14.5. The van der Waals surface area contributed by atoms with E-state index in [2.05, 4.69) is 94.3 Å². The fraction of sp³-hybridized carbons (Fsp3) is 0.250. The molecule has 0 saturated heterocycles. The second-order valence-corrected chi connectivity index (χ2v) is 23.4. The van der Waals surface area contributed by atoms with Crippen molar-refractivity contribution in [3.8, 4) is 0 Å². The average Bonchev–Trinajstić information content (AvgIpc) is 2.51. The molecule has 0 heterocycles. The molecular weight excluding hydrogens is 757 g/mol. The van der Waals surface area contributed by atoms with Crippen molar-refractivity contribution in [1.29, 1.82) is 0 Å². The van der Waals surface area contributed by atoms with Gasteiger partial charge in [-0.15, -0.1) is 0 Å². The molecule has 2 aromatic carbocycles. The number of hydrogen-bond donors (Lipinski definition) is 1. The minimum Gasteiger partial charge on any atom is -0.389 e. The first-order valence-electron chi connectivity index (χ1n) is 6.95. The van der Waals surface area contributed by atoms with Gasteiger partial charge in [-0.2, -0.15) is 0 Å². The zero-order valence-electron chi connectivity index (χ0n) is 13.5. The second-order valence-electron chi connectivity index (χ2n) is 4.82. The van der Waals surface area contributed by atoms with Crippen molar-refractivity contribution in [2.24, 2.45) is 0 Å². The van der Waals surface area contributed by atoms with Gasteiger partial charge in [-0.3, -0.25) is 0 Å². The van der Waals surface area contributed by atoms with E-state index < -0.39 is 6.10 Å². The topological polar surface area (TPSA) is 20.2 Å². The zero-order chi connectivity index (χ0) is 20.4. The third-order valence-corrected chi connectivity index (χ3v) is 4.27. The summed E-state index contributed by atoms with van der Waals surface area (Å²) in [4.78, 5) is 0.0556. The van der Waals surface area contributed by atoms with Crippen LogP contribution in [0.1, 0.15) is 35.9 Å². The molecule has 2 rings (SSSR count). The molecule has 0 fully saturated rings. The van der Waals surface area contributed by atoms with Gasteiger partial charge in [0.2, 0.25) is 0 Å². The summed E-state index contributed by atoms with van der Waals surface area (Å²) in [7, 11) is 0. The highest BCUT2D eigenvalue weighted by Crippen LogP contribution is 2.59. The Balaban J connectivity index is 0.000000401. The molecule has 0 aliphatic rings. The largest absolute Gasteiger partial charge is 0.389 e. The number of benzene rings is 2. The number of rotatable bonds is 2. The average molecular weight is 772 g/mol. The third-order valence-electron chi connectivity index (χ3n) is 2.79. The van der Waals surface area contributed by atoms with Crippen LogP contribution in [0.4, 0.5) is 8.78 Å². The lowest BCUT2D eigenvalue weighted by atomic mass is 10.1. The molecule has 0 amide bonds. The van der Waals surface area contributed by atoms with Crippen molar-refractivity contribution in [2.45, 2.75) is 24.8 Å². The Labute approximate surface area is 203 Å². The van der Waals surface area contributed by atoms with Gasteiger partial charge in [-0.25, -0.2) is 8.78 Å². The van der Waals surface area contributed by atoms with Crippen molar-refractivity contribution in [3.05, 3.63) is 68.1 Å². The monoisotopic (exact) mass is 766 g/mol. The lowest BCUT2D eigenvalue weighted by Crippen LogP contribution is -1.94. The fourth-order valence-corrected chi connectivity index (χ4v) is 2.76. The van der Waals surface area contributed by atoms with Gasteiger partial charge in [0.05, 0.1) is 6.10 Å². The maximum Gasteiger partial charge on any atom is 0.129 e. The molecule has 0 aromatic heterocycles. The lowest BCUT2D eigenvalue weighted by Gasteiger charge is -2.05. The van der Waals surface area contributed by atoms with Gasteiger partial charge in [0, 0.05) is 24.9 Å². The summed E-state index contributed by atoms with van der Waals surface area (Å²) in [6, 6.07) is 9.41. The Hall–Kier alpha value is 1.57. The lowest BCUT2D eigenvalue weighted by molar-refractivity contribution is 0.194. The Kier molecular flexibility index (Phi) is 15.4. The van der Waals surface area contributed by atoms with Crippen LogP contribution < -0.4 is 0 Å². The molecular formula is C16H15Br6F2OP. The first kappa shape index (κ1) is 27.6. The van der Waals surface area contributed by atoms with Crippen LogP contribution in [-0.2, 0) is 0 Å². The predicted molar refractivity (Wildman–Crippen MR) is 130 cm³/mol. The molecule has 0 bridgehead atoms. The van der Waals surface area contributed by atoms with Crippen LogP contribution in [-0.4, -0.2) is 5.11 Å². The maximum absolute atomic E-state index is 13.0.